The number of halogens is 3. The van der Waals surface area contributed by atoms with Crippen molar-refractivity contribution in [2.75, 3.05) is 31.2 Å². The van der Waals surface area contributed by atoms with Crippen LogP contribution < -0.4 is 4.90 Å². The van der Waals surface area contributed by atoms with E-state index in [1.807, 2.05) is 0 Å². The Morgan fingerprint density at radius 3 is 2.15 bits per heavy atom. The number of benzene rings is 1. The molecule has 0 amide bonds. The van der Waals surface area contributed by atoms with Crippen LogP contribution in [0.3, 0.4) is 0 Å². The molecule has 2 aromatic rings. The summed E-state index contributed by atoms with van der Waals surface area (Å²) in [6, 6.07) is 4.48. The lowest BCUT2D eigenvalue weighted by atomic mass is 10.1. The number of oxime groups is 1. The van der Waals surface area contributed by atoms with E-state index in [4.69, 9.17) is 18.7 Å². The maximum atomic E-state index is 12.6. The molecule has 0 aliphatic carbocycles. The first-order valence-corrected chi connectivity index (χ1v) is 9.99. The van der Waals surface area contributed by atoms with Crippen molar-refractivity contribution in [2.24, 2.45) is 5.16 Å². The van der Waals surface area contributed by atoms with Crippen molar-refractivity contribution in [2.45, 2.75) is 33.6 Å². The SMILES string of the molecule is CCOC(=O)CN(CC(=O)OCC)c1ncc(/C(C)=N/OCc2ccc(C(F)(F)F)cc2)o1. The van der Waals surface area contributed by atoms with Crippen molar-refractivity contribution >= 4 is 23.7 Å². The van der Waals surface area contributed by atoms with E-state index in [0.29, 0.717) is 5.56 Å². The largest absolute Gasteiger partial charge is 0.465 e. The molecule has 1 heterocycles. The number of aromatic nitrogens is 1. The highest BCUT2D eigenvalue weighted by Crippen LogP contribution is 2.29. The van der Waals surface area contributed by atoms with Crippen molar-refractivity contribution in [1.82, 2.24) is 4.98 Å². The molecule has 33 heavy (non-hydrogen) atoms. The topological polar surface area (TPSA) is 103 Å². The van der Waals surface area contributed by atoms with E-state index in [-0.39, 0.29) is 50.4 Å². The van der Waals surface area contributed by atoms with Crippen LogP contribution in [0.15, 0.2) is 40.0 Å². The van der Waals surface area contributed by atoms with Gasteiger partial charge in [0.2, 0.25) is 0 Å². The Kier molecular flexibility index (Phi) is 9.25. The summed E-state index contributed by atoms with van der Waals surface area (Å²) in [7, 11) is 0. The number of anilines is 1. The number of rotatable bonds is 11. The quantitative estimate of drug-likeness (QED) is 0.278. The predicted octanol–water partition coefficient (Wildman–Crippen LogP) is 3.57. The minimum atomic E-state index is -4.41. The average molecular weight is 471 g/mol. The Bertz CT molecular complexity index is 937. The van der Waals surface area contributed by atoms with Crippen LogP contribution in [-0.4, -0.2) is 48.9 Å². The zero-order valence-corrected chi connectivity index (χ0v) is 18.3. The van der Waals surface area contributed by atoms with E-state index < -0.39 is 23.7 Å². The highest BCUT2D eigenvalue weighted by atomic mass is 19.4. The van der Waals surface area contributed by atoms with Gasteiger partial charge in [-0.1, -0.05) is 17.3 Å². The molecule has 0 aliphatic rings. The van der Waals surface area contributed by atoms with Gasteiger partial charge in [-0.2, -0.15) is 13.2 Å². The Labute approximate surface area is 188 Å². The van der Waals surface area contributed by atoms with Gasteiger partial charge in [-0.25, -0.2) is 4.98 Å². The molecule has 0 unspecified atom stereocenters. The molecule has 0 N–H and O–H groups in total. The number of alkyl halides is 3. The number of carbonyl (C=O) groups is 2. The fraction of sp³-hybridized carbons (Fsp3) is 0.429. The second-order valence-electron chi connectivity index (χ2n) is 6.62. The molecule has 9 nitrogen and oxygen atoms in total. The first-order chi connectivity index (χ1) is 15.6. The fourth-order valence-corrected chi connectivity index (χ4v) is 2.53. The molecule has 0 atom stereocenters. The Morgan fingerprint density at radius 1 is 1.06 bits per heavy atom. The minimum absolute atomic E-state index is 0.0246. The highest BCUT2D eigenvalue weighted by Gasteiger charge is 2.30. The maximum Gasteiger partial charge on any atom is 0.416 e. The van der Waals surface area contributed by atoms with E-state index in [1.165, 1.54) is 23.2 Å². The van der Waals surface area contributed by atoms with Crippen LogP contribution in [0.5, 0.6) is 0 Å². The van der Waals surface area contributed by atoms with Crippen LogP contribution in [0.1, 0.15) is 37.7 Å². The lowest BCUT2D eigenvalue weighted by molar-refractivity contribution is -0.142. The Morgan fingerprint density at radius 2 is 1.64 bits per heavy atom. The van der Waals surface area contributed by atoms with Gasteiger partial charge >= 0.3 is 18.1 Å². The van der Waals surface area contributed by atoms with Gasteiger partial charge in [-0.3, -0.25) is 9.59 Å². The molecule has 0 aliphatic heterocycles. The van der Waals surface area contributed by atoms with Crippen molar-refractivity contribution in [3.63, 3.8) is 0 Å². The van der Waals surface area contributed by atoms with Crippen LogP contribution in [0.4, 0.5) is 19.2 Å². The van der Waals surface area contributed by atoms with E-state index in [2.05, 4.69) is 10.1 Å². The number of oxazole rings is 1. The third-order valence-corrected chi connectivity index (χ3v) is 4.09. The lowest BCUT2D eigenvalue weighted by Gasteiger charge is -2.18. The van der Waals surface area contributed by atoms with Gasteiger partial charge in [0, 0.05) is 0 Å². The van der Waals surface area contributed by atoms with Gasteiger partial charge in [0.05, 0.1) is 25.0 Å². The van der Waals surface area contributed by atoms with Crippen molar-refractivity contribution in [1.29, 1.82) is 0 Å². The summed E-state index contributed by atoms with van der Waals surface area (Å²) in [4.78, 5) is 34.2. The molecule has 0 radical (unpaired) electrons. The summed E-state index contributed by atoms with van der Waals surface area (Å²) in [5.41, 5.74) is 0.0241. The Hall–Kier alpha value is -3.57. The molecule has 0 bridgehead atoms. The Balaban J connectivity index is 2.04. The molecule has 0 saturated heterocycles. The van der Waals surface area contributed by atoms with Crippen molar-refractivity contribution in [3.05, 3.63) is 47.3 Å². The van der Waals surface area contributed by atoms with Crippen LogP contribution in [0.2, 0.25) is 0 Å². The third kappa shape index (κ3) is 8.13. The van der Waals surface area contributed by atoms with Gasteiger partial charge in [0.15, 0.2) is 5.76 Å². The van der Waals surface area contributed by atoms with Crippen LogP contribution >= 0.6 is 0 Å². The van der Waals surface area contributed by atoms with Gasteiger partial charge in [-0.05, 0) is 38.5 Å². The van der Waals surface area contributed by atoms with Gasteiger partial charge < -0.3 is 23.6 Å². The van der Waals surface area contributed by atoms with E-state index in [0.717, 1.165) is 12.1 Å². The third-order valence-electron chi connectivity index (χ3n) is 4.09. The zero-order chi connectivity index (χ0) is 24.4. The average Bonchev–Trinajstić information content (AvgIpc) is 3.24. The zero-order valence-electron chi connectivity index (χ0n) is 18.3. The van der Waals surface area contributed by atoms with E-state index >= 15 is 0 Å². The summed E-state index contributed by atoms with van der Waals surface area (Å²) in [6.45, 7) is 4.59. The fourth-order valence-electron chi connectivity index (χ4n) is 2.53. The van der Waals surface area contributed by atoms with Crippen molar-refractivity contribution in [3.8, 4) is 0 Å². The number of hydrogen-bond acceptors (Lipinski definition) is 9. The first-order valence-electron chi connectivity index (χ1n) is 9.99. The summed E-state index contributed by atoms with van der Waals surface area (Å²) in [6.07, 6.45) is -3.08. The number of carbonyl (C=O) groups excluding carboxylic acids is 2. The molecular weight excluding hydrogens is 447 g/mol. The molecule has 2 rings (SSSR count). The van der Waals surface area contributed by atoms with Gasteiger partial charge in [0.1, 0.15) is 25.4 Å². The standard InChI is InChI=1S/C21H24F3N3O6/c1-4-30-18(28)11-27(12-19(29)31-5-2)20-25-10-17(33-20)14(3)26-32-13-15-6-8-16(9-7-15)21(22,23)24/h6-10H,4-5,11-13H2,1-3H3/b26-14+. The van der Waals surface area contributed by atoms with E-state index in [1.54, 1.807) is 20.8 Å². The maximum absolute atomic E-state index is 12.6. The second-order valence-corrected chi connectivity index (χ2v) is 6.62. The summed E-state index contributed by atoms with van der Waals surface area (Å²) in [5, 5.41) is 3.87. The van der Waals surface area contributed by atoms with E-state index in [9.17, 15) is 22.8 Å². The molecule has 180 valence electrons. The normalized spacial score (nSPS) is 11.8. The number of esters is 2. The summed E-state index contributed by atoms with van der Waals surface area (Å²) >= 11 is 0. The molecule has 0 spiro atoms. The lowest BCUT2D eigenvalue weighted by Crippen LogP contribution is -2.36. The van der Waals surface area contributed by atoms with Crippen LogP contribution in [0, 0.1) is 0 Å². The van der Waals surface area contributed by atoms with Crippen LogP contribution in [0.25, 0.3) is 0 Å². The first kappa shape index (κ1) is 25.7. The summed E-state index contributed by atoms with van der Waals surface area (Å²) in [5.74, 6) is -0.950. The molecular formula is C21H24F3N3O6. The molecule has 1 aromatic carbocycles. The van der Waals surface area contributed by atoms with Crippen molar-refractivity contribution < 1.29 is 41.5 Å². The van der Waals surface area contributed by atoms with Gasteiger partial charge in [-0.15, -0.1) is 0 Å². The monoisotopic (exact) mass is 471 g/mol. The number of ether oxygens (including phenoxy) is 2. The minimum Gasteiger partial charge on any atom is -0.465 e. The number of hydrogen-bond donors (Lipinski definition) is 0. The smallest absolute Gasteiger partial charge is 0.416 e. The predicted molar refractivity (Wildman–Crippen MR) is 110 cm³/mol. The summed E-state index contributed by atoms with van der Waals surface area (Å²) < 4.78 is 53.2. The molecule has 1 aromatic heterocycles. The second kappa shape index (κ2) is 11.9. The molecule has 0 saturated carbocycles. The highest BCUT2D eigenvalue weighted by molar-refractivity contribution is 5.95. The van der Waals surface area contributed by atoms with Gasteiger partial charge in [0.25, 0.3) is 6.01 Å². The number of nitrogens with zero attached hydrogens (tertiary/aromatic N) is 3. The van der Waals surface area contributed by atoms with Crippen LogP contribution in [-0.2, 0) is 36.7 Å². The molecule has 0 fully saturated rings. The molecule has 12 heteroatoms.